The summed E-state index contributed by atoms with van der Waals surface area (Å²) in [4.78, 5) is 12.8. The summed E-state index contributed by atoms with van der Waals surface area (Å²) in [6.45, 7) is 6.96. The van der Waals surface area contributed by atoms with Gasteiger partial charge in [-0.05, 0) is 31.2 Å². The number of benzene rings is 1. The molecule has 0 aromatic heterocycles. The van der Waals surface area contributed by atoms with Crippen molar-refractivity contribution in [2.45, 2.75) is 24.7 Å². The minimum absolute atomic E-state index is 0.0401. The smallest absolute Gasteiger partial charge is 0.270 e. The molecule has 1 aromatic rings. The molecule has 144 valence electrons. The van der Waals surface area contributed by atoms with Crippen molar-refractivity contribution < 1.29 is 18.1 Å². The van der Waals surface area contributed by atoms with E-state index in [-0.39, 0.29) is 10.6 Å². The lowest BCUT2D eigenvalue weighted by atomic mass is 9.97. The third-order valence-corrected chi connectivity index (χ3v) is 7.23. The number of hydrogen-bond donors (Lipinski definition) is 0. The molecular weight excluding hydrogens is 358 g/mol. The standard InChI is InChI=1S/C17H25N3O5S/c1-14-2-3-16(20(21)22)12-17(14)26(23,24)19-6-4-15(5-7-19)13-18-8-10-25-11-9-18/h2-3,12,15H,4-11,13H2,1H3. The molecule has 0 radical (unpaired) electrons. The molecule has 1 aromatic carbocycles. The van der Waals surface area contributed by atoms with Gasteiger partial charge in [0.15, 0.2) is 0 Å². The number of rotatable bonds is 5. The topological polar surface area (TPSA) is 93.0 Å². The van der Waals surface area contributed by atoms with Gasteiger partial charge < -0.3 is 4.74 Å². The molecule has 0 atom stereocenters. The maximum atomic E-state index is 13.0. The highest BCUT2D eigenvalue weighted by atomic mass is 32.2. The summed E-state index contributed by atoms with van der Waals surface area (Å²) in [6.07, 6.45) is 1.62. The number of hydrogen-bond acceptors (Lipinski definition) is 6. The molecule has 0 unspecified atom stereocenters. The predicted octanol–water partition coefficient (Wildman–Crippen LogP) is 1.64. The lowest BCUT2D eigenvalue weighted by molar-refractivity contribution is -0.385. The number of nitro groups is 1. The summed E-state index contributed by atoms with van der Waals surface area (Å²) in [5, 5.41) is 11.0. The number of sulfonamides is 1. The number of morpholine rings is 1. The fraction of sp³-hybridized carbons (Fsp3) is 0.647. The van der Waals surface area contributed by atoms with E-state index in [1.807, 2.05) is 0 Å². The molecule has 0 spiro atoms. The first-order valence-electron chi connectivity index (χ1n) is 8.93. The first kappa shape index (κ1) is 19.2. The van der Waals surface area contributed by atoms with Crippen LogP contribution in [-0.2, 0) is 14.8 Å². The second kappa shape index (κ2) is 7.99. The van der Waals surface area contributed by atoms with Crippen LogP contribution in [0.3, 0.4) is 0 Å². The SMILES string of the molecule is Cc1ccc([N+](=O)[O-])cc1S(=O)(=O)N1CCC(CN2CCOCC2)CC1. The molecular formula is C17H25N3O5S. The zero-order valence-electron chi connectivity index (χ0n) is 15.0. The molecule has 26 heavy (non-hydrogen) atoms. The van der Waals surface area contributed by atoms with E-state index in [0.29, 0.717) is 24.6 Å². The number of aryl methyl sites for hydroxylation is 1. The molecule has 2 fully saturated rings. The van der Waals surface area contributed by atoms with Crippen molar-refractivity contribution in [3.8, 4) is 0 Å². The van der Waals surface area contributed by atoms with Crippen molar-refractivity contribution in [1.82, 2.24) is 9.21 Å². The van der Waals surface area contributed by atoms with Crippen LogP contribution in [0.1, 0.15) is 18.4 Å². The highest BCUT2D eigenvalue weighted by molar-refractivity contribution is 7.89. The van der Waals surface area contributed by atoms with Crippen LogP contribution < -0.4 is 0 Å². The van der Waals surface area contributed by atoms with Gasteiger partial charge in [0.25, 0.3) is 5.69 Å². The minimum Gasteiger partial charge on any atom is -0.379 e. The van der Waals surface area contributed by atoms with E-state index in [1.165, 1.54) is 22.5 Å². The van der Waals surface area contributed by atoms with E-state index in [2.05, 4.69) is 4.90 Å². The van der Waals surface area contributed by atoms with Crippen molar-refractivity contribution in [3.63, 3.8) is 0 Å². The molecule has 2 aliphatic heterocycles. The molecule has 8 nitrogen and oxygen atoms in total. The third-order valence-electron chi connectivity index (χ3n) is 5.19. The van der Waals surface area contributed by atoms with Crippen LogP contribution in [0, 0.1) is 23.0 Å². The van der Waals surface area contributed by atoms with Crippen molar-refractivity contribution in [1.29, 1.82) is 0 Å². The van der Waals surface area contributed by atoms with E-state index in [9.17, 15) is 18.5 Å². The molecule has 0 aliphatic carbocycles. The Bertz CT molecular complexity index is 754. The summed E-state index contributed by atoms with van der Waals surface area (Å²) in [5.74, 6) is 0.478. The molecule has 2 aliphatic rings. The Morgan fingerprint density at radius 2 is 1.85 bits per heavy atom. The van der Waals surface area contributed by atoms with Crippen LogP contribution >= 0.6 is 0 Å². The van der Waals surface area contributed by atoms with Gasteiger partial charge in [-0.3, -0.25) is 15.0 Å². The Balaban J connectivity index is 1.66. The van der Waals surface area contributed by atoms with Gasteiger partial charge in [0.2, 0.25) is 10.0 Å². The largest absolute Gasteiger partial charge is 0.379 e. The summed E-state index contributed by atoms with van der Waals surface area (Å²) in [7, 11) is -3.71. The molecule has 9 heteroatoms. The highest BCUT2D eigenvalue weighted by Gasteiger charge is 2.32. The number of non-ortho nitro benzene ring substituents is 1. The Kier molecular flexibility index (Phi) is 5.91. The second-order valence-corrected chi connectivity index (χ2v) is 8.87. The Morgan fingerprint density at radius 3 is 2.46 bits per heavy atom. The second-order valence-electron chi connectivity index (χ2n) is 6.97. The molecule has 0 bridgehead atoms. The zero-order chi connectivity index (χ0) is 18.7. The van der Waals surface area contributed by atoms with Crippen LogP contribution in [0.25, 0.3) is 0 Å². The van der Waals surface area contributed by atoms with Gasteiger partial charge in [-0.25, -0.2) is 8.42 Å². The first-order valence-corrected chi connectivity index (χ1v) is 10.4. The Labute approximate surface area is 153 Å². The summed E-state index contributed by atoms with van der Waals surface area (Å²) in [5.41, 5.74) is 0.336. The van der Waals surface area contributed by atoms with Crippen LogP contribution in [0.5, 0.6) is 0 Å². The zero-order valence-corrected chi connectivity index (χ0v) is 15.8. The van der Waals surface area contributed by atoms with Crippen LogP contribution in [0.15, 0.2) is 23.1 Å². The monoisotopic (exact) mass is 383 g/mol. The van der Waals surface area contributed by atoms with Crippen LogP contribution in [0.4, 0.5) is 5.69 Å². The van der Waals surface area contributed by atoms with Gasteiger partial charge in [-0.1, -0.05) is 6.07 Å². The van der Waals surface area contributed by atoms with Gasteiger partial charge in [0.05, 0.1) is 23.0 Å². The Hall–Kier alpha value is -1.55. The Morgan fingerprint density at radius 1 is 1.19 bits per heavy atom. The van der Waals surface area contributed by atoms with Crippen LogP contribution in [0.2, 0.25) is 0 Å². The van der Waals surface area contributed by atoms with Gasteiger partial charge in [0, 0.05) is 44.9 Å². The molecule has 0 amide bonds. The van der Waals surface area contributed by atoms with Gasteiger partial charge >= 0.3 is 0 Å². The van der Waals surface area contributed by atoms with E-state index in [1.54, 1.807) is 6.92 Å². The average Bonchev–Trinajstić information content (AvgIpc) is 2.63. The number of nitro benzene ring substituents is 1. The number of piperidine rings is 1. The molecule has 2 saturated heterocycles. The predicted molar refractivity (Wildman–Crippen MR) is 96.6 cm³/mol. The number of nitrogens with zero attached hydrogens (tertiary/aromatic N) is 3. The van der Waals surface area contributed by atoms with E-state index < -0.39 is 14.9 Å². The molecule has 0 saturated carbocycles. The molecule has 0 N–H and O–H groups in total. The van der Waals surface area contributed by atoms with Gasteiger partial charge in [0.1, 0.15) is 0 Å². The van der Waals surface area contributed by atoms with Crippen molar-refractivity contribution in [3.05, 3.63) is 33.9 Å². The van der Waals surface area contributed by atoms with Crippen molar-refractivity contribution >= 4 is 15.7 Å². The van der Waals surface area contributed by atoms with E-state index in [4.69, 9.17) is 4.74 Å². The summed E-state index contributed by atoms with van der Waals surface area (Å²) >= 11 is 0. The minimum atomic E-state index is -3.71. The van der Waals surface area contributed by atoms with Crippen LogP contribution in [-0.4, -0.2) is 68.5 Å². The first-order chi connectivity index (χ1) is 12.4. The van der Waals surface area contributed by atoms with Crippen molar-refractivity contribution in [2.24, 2.45) is 5.92 Å². The van der Waals surface area contributed by atoms with Crippen molar-refractivity contribution in [2.75, 3.05) is 45.9 Å². The van der Waals surface area contributed by atoms with Gasteiger partial charge in [-0.15, -0.1) is 0 Å². The highest BCUT2D eigenvalue weighted by Crippen LogP contribution is 2.28. The third kappa shape index (κ3) is 4.22. The van der Waals surface area contributed by atoms with E-state index in [0.717, 1.165) is 45.7 Å². The fourth-order valence-electron chi connectivity index (χ4n) is 3.60. The maximum absolute atomic E-state index is 13.0. The lowest BCUT2D eigenvalue weighted by Gasteiger charge is -2.35. The summed E-state index contributed by atoms with van der Waals surface area (Å²) < 4.78 is 32.7. The summed E-state index contributed by atoms with van der Waals surface area (Å²) in [6, 6.07) is 4.00. The molecule has 2 heterocycles. The average molecular weight is 383 g/mol. The van der Waals surface area contributed by atoms with E-state index >= 15 is 0 Å². The lowest BCUT2D eigenvalue weighted by Crippen LogP contribution is -2.44. The van der Waals surface area contributed by atoms with Gasteiger partial charge in [-0.2, -0.15) is 4.31 Å². The fourth-order valence-corrected chi connectivity index (χ4v) is 5.31. The molecule has 3 rings (SSSR count). The number of ether oxygens (including phenoxy) is 1. The normalized spacial score (nSPS) is 21.0. The quantitative estimate of drug-likeness (QED) is 0.567. The maximum Gasteiger partial charge on any atom is 0.270 e.